The quantitative estimate of drug-likeness (QED) is 0.929. The molecule has 1 unspecified atom stereocenters. The van der Waals surface area contributed by atoms with Crippen molar-refractivity contribution in [2.75, 3.05) is 19.0 Å². The maximum Gasteiger partial charge on any atom is 0.123 e. The van der Waals surface area contributed by atoms with Gasteiger partial charge in [-0.3, -0.25) is 0 Å². The molecule has 2 aromatic carbocycles. The van der Waals surface area contributed by atoms with Gasteiger partial charge in [0.25, 0.3) is 0 Å². The first-order chi connectivity index (χ1) is 10.1. The lowest BCUT2D eigenvalue weighted by Gasteiger charge is -2.25. The average molecular weight is 283 g/mol. The van der Waals surface area contributed by atoms with Crippen LogP contribution < -0.4 is 10.2 Å². The van der Waals surface area contributed by atoms with Crippen molar-refractivity contribution in [1.82, 2.24) is 5.32 Å². The van der Waals surface area contributed by atoms with Crippen LogP contribution in [0.1, 0.15) is 24.1 Å². The second-order valence-corrected chi connectivity index (χ2v) is 4.93. The van der Waals surface area contributed by atoms with Gasteiger partial charge < -0.3 is 10.2 Å². The van der Waals surface area contributed by atoms with Gasteiger partial charge in [0.15, 0.2) is 0 Å². The molecule has 0 spiro atoms. The van der Waals surface area contributed by atoms with Gasteiger partial charge in [-0.1, -0.05) is 6.07 Å². The lowest BCUT2D eigenvalue weighted by Crippen LogP contribution is -2.18. The highest BCUT2D eigenvalue weighted by atomic mass is 19.1. The first kappa shape index (κ1) is 15.0. The van der Waals surface area contributed by atoms with Crippen LogP contribution in [0.15, 0.2) is 42.5 Å². The highest BCUT2D eigenvalue weighted by Crippen LogP contribution is 2.31. The molecule has 0 fully saturated rings. The highest BCUT2D eigenvalue weighted by molar-refractivity contribution is 5.67. The van der Waals surface area contributed by atoms with Crippen molar-refractivity contribution in [1.29, 1.82) is 5.26 Å². The molecule has 0 aromatic heterocycles. The van der Waals surface area contributed by atoms with Crippen LogP contribution in [-0.4, -0.2) is 14.1 Å². The third kappa shape index (κ3) is 3.21. The third-order valence-corrected chi connectivity index (χ3v) is 3.61. The summed E-state index contributed by atoms with van der Waals surface area (Å²) in [5.74, 6) is -0.255. The third-order valence-electron chi connectivity index (χ3n) is 3.61. The fraction of sp³-hybridized carbons (Fsp3) is 0.235. The summed E-state index contributed by atoms with van der Waals surface area (Å²) in [5.41, 5.74) is 3.28. The van der Waals surface area contributed by atoms with Gasteiger partial charge in [-0.15, -0.1) is 0 Å². The predicted octanol–water partition coefficient (Wildman–Crippen LogP) is 3.75. The van der Waals surface area contributed by atoms with Crippen molar-refractivity contribution in [2.45, 2.75) is 13.0 Å². The van der Waals surface area contributed by atoms with Gasteiger partial charge in [0.2, 0.25) is 0 Å². The van der Waals surface area contributed by atoms with E-state index in [9.17, 15) is 4.39 Å². The van der Waals surface area contributed by atoms with E-state index in [1.807, 2.05) is 44.1 Å². The van der Waals surface area contributed by atoms with Crippen LogP contribution in [0.2, 0.25) is 0 Å². The van der Waals surface area contributed by atoms with Gasteiger partial charge >= 0.3 is 0 Å². The van der Waals surface area contributed by atoms with E-state index < -0.39 is 0 Å². The number of nitriles is 1. The Kier molecular flexibility index (Phi) is 4.56. The van der Waals surface area contributed by atoms with Crippen molar-refractivity contribution < 1.29 is 4.39 Å². The van der Waals surface area contributed by atoms with Crippen LogP contribution in [0.25, 0.3) is 0 Å². The molecular formula is C17H18FN3. The summed E-state index contributed by atoms with van der Waals surface area (Å²) in [4.78, 5) is 1.96. The molecule has 4 heteroatoms. The van der Waals surface area contributed by atoms with Crippen molar-refractivity contribution in [3.63, 3.8) is 0 Å². The Morgan fingerprint density at radius 3 is 2.67 bits per heavy atom. The molecule has 2 rings (SSSR count). The fourth-order valence-electron chi connectivity index (χ4n) is 2.26. The molecule has 1 atom stereocenters. The van der Waals surface area contributed by atoms with Crippen LogP contribution in [0, 0.1) is 17.1 Å². The molecular weight excluding hydrogens is 265 g/mol. The van der Waals surface area contributed by atoms with E-state index in [0.717, 1.165) is 16.9 Å². The summed E-state index contributed by atoms with van der Waals surface area (Å²) in [6.45, 7) is 1.98. The average Bonchev–Trinajstić information content (AvgIpc) is 2.53. The molecule has 2 aromatic rings. The number of benzene rings is 2. The number of hydrogen-bond donors (Lipinski definition) is 1. The van der Waals surface area contributed by atoms with Crippen LogP contribution in [0.3, 0.4) is 0 Å². The Labute approximate surface area is 124 Å². The van der Waals surface area contributed by atoms with Gasteiger partial charge in [-0.25, -0.2) is 4.39 Å². The second-order valence-electron chi connectivity index (χ2n) is 4.93. The summed E-state index contributed by atoms with van der Waals surface area (Å²) < 4.78 is 13.5. The van der Waals surface area contributed by atoms with E-state index in [1.54, 1.807) is 18.2 Å². The van der Waals surface area contributed by atoms with E-state index in [2.05, 4.69) is 11.4 Å². The van der Waals surface area contributed by atoms with Crippen LogP contribution >= 0.6 is 0 Å². The SMILES string of the molecule is CNC(C)c1cc(F)ccc1N(C)c1cccc(C#N)c1. The molecule has 0 heterocycles. The van der Waals surface area contributed by atoms with Crippen LogP contribution in [0.5, 0.6) is 0 Å². The molecule has 0 amide bonds. The monoisotopic (exact) mass is 283 g/mol. The summed E-state index contributed by atoms with van der Waals surface area (Å²) in [6.07, 6.45) is 0. The van der Waals surface area contributed by atoms with E-state index in [-0.39, 0.29) is 11.9 Å². The Balaban J connectivity index is 2.47. The second kappa shape index (κ2) is 6.38. The summed E-state index contributed by atoms with van der Waals surface area (Å²) in [6, 6.07) is 14.3. The minimum Gasteiger partial charge on any atom is -0.344 e. The molecule has 3 nitrogen and oxygen atoms in total. The number of anilines is 2. The zero-order valence-electron chi connectivity index (χ0n) is 12.4. The molecule has 0 aliphatic rings. The maximum atomic E-state index is 13.5. The topological polar surface area (TPSA) is 39.1 Å². The molecule has 1 N–H and O–H groups in total. The minimum absolute atomic E-state index is 0.0253. The van der Waals surface area contributed by atoms with Crippen molar-refractivity contribution in [2.24, 2.45) is 0 Å². The zero-order valence-corrected chi connectivity index (χ0v) is 12.4. The number of rotatable bonds is 4. The molecule has 0 aliphatic carbocycles. The minimum atomic E-state index is -0.255. The lowest BCUT2D eigenvalue weighted by molar-refractivity contribution is 0.608. The van der Waals surface area contributed by atoms with Crippen LogP contribution in [0.4, 0.5) is 15.8 Å². The predicted molar refractivity (Wildman–Crippen MR) is 83.1 cm³/mol. The summed E-state index contributed by atoms with van der Waals surface area (Å²) in [7, 11) is 3.76. The molecule has 0 bridgehead atoms. The first-order valence-corrected chi connectivity index (χ1v) is 6.77. The molecule has 0 aliphatic heterocycles. The Hall–Kier alpha value is -2.38. The van der Waals surface area contributed by atoms with E-state index >= 15 is 0 Å². The molecule has 0 saturated carbocycles. The van der Waals surface area contributed by atoms with E-state index in [0.29, 0.717) is 5.56 Å². The highest BCUT2D eigenvalue weighted by Gasteiger charge is 2.14. The zero-order chi connectivity index (χ0) is 15.4. The van der Waals surface area contributed by atoms with Gasteiger partial charge in [0, 0.05) is 24.5 Å². The largest absolute Gasteiger partial charge is 0.344 e. The van der Waals surface area contributed by atoms with Crippen molar-refractivity contribution in [3.05, 3.63) is 59.4 Å². The smallest absolute Gasteiger partial charge is 0.123 e. The van der Waals surface area contributed by atoms with Crippen molar-refractivity contribution in [3.8, 4) is 6.07 Å². The van der Waals surface area contributed by atoms with Crippen LogP contribution in [-0.2, 0) is 0 Å². The number of halogens is 1. The van der Waals surface area contributed by atoms with Crippen molar-refractivity contribution >= 4 is 11.4 Å². The Bertz CT molecular complexity index is 676. The summed E-state index contributed by atoms with van der Waals surface area (Å²) >= 11 is 0. The van der Waals surface area contributed by atoms with E-state index in [1.165, 1.54) is 6.07 Å². The van der Waals surface area contributed by atoms with E-state index in [4.69, 9.17) is 5.26 Å². The van der Waals surface area contributed by atoms with Gasteiger partial charge in [-0.2, -0.15) is 5.26 Å². The normalized spacial score (nSPS) is 11.8. The first-order valence-electron chi connectivity index (χ1n) is 6.77. The standard InChI is InChI=1S/C17H18FN3/c1-12(20-2)16-10-14(18)7-8-17(16)21(3)15-6-4-5-13(9-15)11-19/h4-10,12,20H,1-3H3. The van der Waals surface area contributed by atoms with Gasteiger partial charge in [0.1, 0.15) is 5.82 Å². The van der Waals surface area contributed by atoms with Gasteiger partial charge in [-0.05, 0) is 55.9 Å². The Morgan fingerprint density at radius 2 is 2.00 bits per heavy atom. The molecule has 0 radical (unpaired) electrons. The number of nitrogens with one attached hydrogen (secondary N) is 1. The maximum absolute atomic E-state index is 13.5. The summed E-state index contributed by atoms with van der Waals surface area (Å²) in [5, 5.41) is 12.1. The number of nitrogens with zero attached hydrogens (tertiary/aromatic N) is 2. The molecule has 108 valence electrons. The molecule has 0 saturated heterocycles. The Morgan fingerprint density at radius 1 is 1.24 bits per heavy atom. The lowest BCUT2D eigenvalue weighted by atomic mass is 10.0. The fourth-order valence-corrected chi connectivity index (χ4v) is 2.26. The number of hydrogen-bond acceptors (Lipinski definition) is 3. The molecule has 21 heavy (non-hydrogen) atoms. The van der Waals surface area contributed by atoms with Gasteiger partial charge in [0.05, 0.1) is 11.6 Å².